The molecule has 1 atom stereocenters. The number of hydrogen-bond acceptors (Lipinski definition) is 5. The molecule has 0 radical (unpaired) electrons. The number of likely N-dealkylation sites (tertiary alicyclic amines) is 1. The Bertz CT molecular complexity index is 694. The van der Waals surface area contributed by atoms with Gasteiger partial charge in [-0.3, -0.25) is 9.58 Å². The molecule has 2 aliphatic heterocycles. The third-order valence-corrected chi connectivity index (χ3v) is 4.99. The van der Waals surface area contributed by atoms with Crippen LogP contribution in [0.1, 0.15) is 38.3 Å². The van der Waals surface area contributed by atoms with E-state index in [-0.39, 0.29) is 11.7 Å². The van der Waals surface area contributed by atoms with Crippen molar-refractivity contribution in [2.75, 3.05) is 19.7 Å². The average Bonchev–Trinajstić information content (AvgIpc) is 3.04. The molecule has 6 nitrogen and oxygen atoms in total. The van der Waals surface area contributed by atoms with Crippen LogP contribution in [0.5, 0.6) is 5.88 Å². The normalized spacial score (nSPS) is 22.9. The van der Waals surface area contributed by atoms with Gasteiger partial charge in [0.25, 0.3) is 0 Å². The average molecular weight is 342 g/mol. The molecule has 0 unspecified atom stereocenters. The molecule has 2 saturated heterocycles. The number of pyridine rings is 1. The summed E-state index contributed by atoms with van der Waals surface area (Å²) < 4.78 is 14.2. The SMILES string of the molecule is CC(C)n1cc(CN2CC3(C[C@@H](Oc4ccccn4)CCO3)C2)cn1. The Morgan fingerprint density at radius 3 is 2.96 bits per heavy atom. The fraction of sp³-hybridized carbons (Fsp3) is 0.579. The quantitative estimate of drug-likeness (QED) is 0.836. The summed E-state index contributed by atoms with van der Waals surface area (Å²) in [6.45, 7) is 7.91. The van der Waals surface area contributed by atoms with Crippen molar-refractivity contribution in [3.8, 4) is 5.88 Å². The first kappa shape index (κ1) is 16.5. The van der Waals surface area contributed by atoms with Crippen LogP contribution >= 0.6 is 0 Å². The largest absolute Gasteiger partial charge is 0.474 e. The van der Waals surface area contributed by atoms with Gasteiger partial charge in [0.05, 0.1) is 18.4 Å². The molecule has 2 aromatic rings. The molecule has 1 spiro atoms. The molecule has 2 aliphatic rings. The van der Waals surface area contributed by atoms with E-state index in [4.69, 9.17) is 9.47 Å². The molecule has 0 saturated carbocycles. The first-order valence-corrected chi connectivity index (χ1v) is 9.09. The zero-order valence-electron chi connectivity index (χ0n) is 15.0. The molecule has 0 N–H and O–H groups in total. The van der Waals surface area contributed by atoms with Gasteiger partial charge in [0.15, 0.2) is 0 Å². The third kappa shape index (κ3) is 3.70. The smallest absolute Gasteiger partial charge is 0.213 e. The molecule has 25 heavy (non-hydrogen) atoms. The zero-order valence-corrected chi connectivity index (χ0v) is 15.0. The molecule has 4 rings (SSSR count). The van der Waals surface area contributed by atoms with Gasteiger partial charge in [-0.25, -0.2) is 4.98 Å². The van der Waals surface area contributed by atoms with Gasteiger partial charge in [-0.2, -0.15) is 5.10 Å². The summed E-state index contributed by atoms with van der Waals surface area (Å²) in [5.41, 5.74) is 1.21. The Balaban J connectivity index is 1.30. The number of hydrogen-bond donors (Lipinski definition) is 0. The molecule has 0 amide bonds. The van der Waals surface area contributed by atoms with E-state index in [1.54, 1.807) is 6.20 Å². The van der Waals surface area contributed by atoms with Crippen molar-refractivity contribution in [1.29, 1.82) is 0 Å². The highest BCUT2D eigenvalue weighted by Crippen LogP contribution is 2.36. The molecule has 0 aromatic carbocycles. The van der Waals surface area contributed by atoms with Crippen molar-refractivity contribution in [1.82, 2.24) is 19.7 Å². The standard InChI is InChI=1S/C19H26N4O2/c1-15(2)23-12-16(10-21-23)11-22-13-19(14-22)9-17(6-8-24-19)25-18-5-3-4-7-20-18/h3-5,7,10,12,15,17H,6,8-9,11,13-14H2,1-2H3/t17-/m0/s1. The number of nitrogens with zero attached hydrogens (tertiary/aromatic N) is 4. The van der Waals surface area contributed by atoms with Crippen LogP contribution in [0.3, 0.4) is 0 Å². The number of rotatable bonds is 5. The van der Waals surface area contributed by atoms with Crippen molar-refractivity contribution in [3.63, 3.8) is 0 Å². The Morgan fingerprint density at radius 1 is 1.36 bits per heavy atom. The van der Waals surface area contributed by atoms with Crippen LogP contribution in [0.4, 0.5) is 0 Å². The zero-order chi connectivity index (χ0) is 17.3. The van der Waals surface area contributed by atoms with Crippen LogP contribution in [-0.4, -0.2) is 51.1 Å². The van der Waals surface area contributed by atoms with Gasteiger partial charge in [-0.1, -0.05) is 6.07 Å². The summed E-state index contributed by atoms with van der Waals surface area (Å²) in [5.74, 6) is 0.710. The first-order valence-electron chi connectivity index (χ1n) is 9.09. The van der Waals surface area contributed by atoms with Crippen LogP contribution in [0.15, 0.2) is 36.8 Å². The second kappa shape index (κ2) is 6.77. The van der Waals surface area contributed by atoms with Crippen molar-refractivity contribution >= 4 is 0 Å². The summed E-state index contributed by atoms with van der Waals surface area (Å²) in [4.78, 5) is 6.69. The minimum atomic E-state index is -0.0499. The summed E-state index contributed by atoms with van der Waals surface area (Å²) >= 11 is 0. The maximum absolute atomic E-state index is 6.12. The van der Waals surface area contributed by atoms with Gasteiger partial charge in [0.1, 0.15) is 6.10 Å². The molecule has 134 valence electrons. The molecule has 0 bridgehead atoms. The van der Waals surface area contributed by atoms with Gasteiger partial charge >= 0.3 is 0 Å². The van der Waals surface area contributed by atoms with Crippen LogP contribution < -0.4 is 4.74 Å². The molecule has 4 heterocycles. The highest BCUT2D eigenvalue weighted by molar-refractivity contribution is 5.12. The van der Waals surface area contributed by atoms with E-state index < -0.39 is 0 Å². The van der Waals surface area contributed by atoms with Gasteiger partial charge in [0.2, 0.25) is 5.88 Å². The highest BCUT2D eigenvalue weighted by atomic mass is 16.5. The third-order valence-electron chi connectivity index (χ3n) is 4.99. The van der Waals surface area contributed by atoms with Crippen molar-refractivity contribution in [3.05, 3.63) is 42.4 Å². The molecular formula is C19H26N4O2. The lowest BCUT2D eigenvalue weighted by Gasteiger charge is -2.53. The van der Waals surface area contributed by atoms with Crippen LogP contribution in [0.2, 0.25) is 0 Å². The van der Waals surface area contributed by atoms with E-state index in [1.165, 1.54) is 5.56 Å². The van der Waals surface area contributed by atoms with Crippen LogP contribution in [0.25, 0.3) is 0 Å². The summed E-state index contributed by atoms with van der Waals surface area (Å²) in [7, 11) is 0. The lowest BCUT2D eigenvalue weighted by molar-refractivity contribution is -0.188. The molecule has 2 aromatic heterocycles. The maximum Gasteiger partial charge on any atom is 0.213 e. The van der Waals surface area contributed by atoms with Crippen molar-refractivity contribution in [2.45, 2.75) is 51.0 Å². The van der Waals surface area contributed by atoms with E-state index in [0.717, 1.165) is 39.1 Å². The minimum Gasteiger partial charge on any atom is -0.474 e. The summed E-state index contributed by atoms with van der Waals surface area (Å²) in [6.07, 6.45) is 7.94. The Labute approximate surface area is 148 Å². The van der Waals surface area contributed by atoms with Crippen molar-refractivity contribution < 1.29 is 9.47 Å². The summed E-state index contributed by atoms with van der Waals surface area (Å²) in [6, 6.07) is 6.19. The molecule has 0 aliphatic carbocycles. The fourth-order valence-electron chi connectivity index (χ4n) is 3.77. The van der Waals surface area contributed by atoms with E-state index in [0.29, 0.717) is 11.9 Å². The van der Waals surface area contributed by atoms with Gasteiger partial charge in [-0.05, 0) is 19.9 Å². The Morgan fingerprint density at radius 2 is 2.24 bits per heavy atom. The van der Waals surface area contributed by atoms with Gasteiger partial charge in [0, 0.05) is 62.5 Å². The Hall–Kier alpha value is -1.92. The molecule has 6 heteroatoms. The second-order valence-electron chi connectivity index (χ2n) is 7.50. The van der Waals surface area contributed by atoms with Gasteiger partial charge in [-0.15, -0.1) is 0 Å². The fourth-order valence-corrected chi connectivity index (χ4v) is 3.77. The first-order chi connectivity index (χ1) is 12.1. The summed E-state index contributed by atoms with van der Waals surface area (Å²) in [5, 5.41) is 4.42. The highest BCUT2D eigenvalue weighted by Gasteiger charge is 2.48. The lowest BCUT2D eigenvalue weighted by atomic mass is 9.84. The topological polar surface area (TPSA) is 52.4 Å². The second-order valence-corrected chi connectivity index (χ2v) is 7.50. The number of ether oxygens (including phenoxy) is 2. The molecular weight excluding hydrogens is 316 g/mol. The lowest BCUT2D eigenvalue weighted by Crippen LogP contribution is -2.65. The monoisotopic (exact) mass is 342 g/mol. The van der Waals surface area contributed by atoms with Crippen LogP contribution in [-0.2, 0) is 11.3 Å². The predicted octanol–water partition coefficient (Wildman–Crippen LogP) is 2.67. The van der Waals surface area contributed by atoms with Crippen molar-refractivity contribution in [2.24, 2.45) is 0 Å². The minimum absolute atomic E-state index is 0.0499. The molecule has 2 fully saturated rings. The van der Waals surface area contributed by atoms with Crippen LogP contribution in [0, 0.1) is 0 Å². The van der Waals surface area contributed by atoms with E-state index >= 15 is 0 Å². The Kier molecular flexibility index (Phi) is 4.48. The van der Waals surface area contributed by atoms with E-state index in [9.17, 15) is 0 Å². The van der Waals surface area contributed by atoms with E-state index in [1.807, 2.05) is 29.1 Å². The predicted molar refractivity (Wildman–Crippen MR) is 94.5 cm³/mol. The maximum atomic E-state index is 6.12. The van der Waals surface area contributed by atoms with Gasteiger partial charge < -0.3 is 9.47 Å². The number of aromatic nitrogens is 3. The van der Waals surface area contributed by atoms with E-state index in [2.05, 4.69) is 35.0 Å².